The van der Waals surface area contributed by atoms with Crippen molar-refractivity contribution in [1.82, 2.24) is 5.32 Å². The SMILES string of the molecule is CCNC(CC1CCC1)C1CSC(C)C(C)S1. The molecule has 17 heavy (non-hydrogen) atoms. The van der Waals surface area contributed by atoms with E-state index in [0.29, 0.717) is 0 Å². The third-order valence-corrected chi connectivity index (χ3v) is 7.85. The maximum Gasteiger partial charge on any atom is 0.0294 e. The highest BCUT2D eigenvalue weighted by Crippen LogP contribution is 2.40. The second-order valence-corrected chi connectivity index (χ2v) is 8.65. The minimum atomic E-state index is 0.762. The van der Waals surface area contributed by atoms with E-state index < -0.39 is 0 Å². The molecule has 100 valence electrons. The summed E-state index contributed by atoms with van der Waals surface area (Å²) in [7, 11) is 0. The molecule has 0 bridgehead atoms. The van der Waals surface area contributed by atoms with Gasteiger partial charge in [0.1, 0.15) is 0 Å². The average molecular weight is 274 g/mol. The van der Waals surface area contributed by atoms with Crippen molar-refractivity contribution in [3.8, 4) is 0 Å². The fourth-order valence-corrected chi connectivity index (χ4v) is 5.88. The van der Waals surface area contributed by atoms with Gasteiger partial charge in [0, 0.05) is 27.5 Å². The number of hydrogen-bond donors (Lipinski definition) is 1. The van der Waals surface area contributed by atoms with Gasteiger partial charge in [0.15, 0.2) is 0 Å². The Kier molecular flexibility index (Phi) is 5.56. The minimum absolute atomic E-state index is 0.762. The van der Waals surface area contributed by atoms with Crippen LogP contribution in [0.15, 0.2) is 0 Å². The molecule has 4 atom stereocenters. The summed E-state index contributed by atoms with van der Waals surface area (Å²) in [5, 5.41) is 6.25. The molecule has 1 saturated heterocycles. The van der Waals surface area contributed by atoms with Crippen molar-refractivity contribution in [1.29, 1.82) is 0 Å². The molecule has 0 aromatic carbocycles. The third-order valence-electron chi connectivity index (χ3n) is 4.30. The van der Waals surface area contributed by atoms with Crippen molar-refractivity contribution < 1.29 is 0 Å². The van der Waals surface area contributed by atoms with Crippen LogP contribution in [-0.2, 0) is 0 Å². The van der Waals surface area contributed by atoms with Gasteiger partial charge in [0.25, 0.3) is 0 Å². The molecule has 0 aromatic heterocycles. The Morgan fingerprint density at radius 1 is 1.24 bits per heavy atom. The summed E-state index contributed by atoms with van der Waals surface area (Å²) in [5.74, 6) is 2.37. The van der Waals surface area contributed by atoms with Crippen LogP contribution in [0.2, 0.25) is 0 Å². The molecule has 1 N–H and O–H groups in total. The standard InChI is InChI=1S/C14H27NS2/c1-4-15-13(8-12-6-5-7-12)14-9-16-10(2)11(3)17-14/h10-15H,4-9H2,1-3H3. The fraction of sp³-hybridized carbons (Fsp3) is 1.00. The largest absolute Gasteiger partial charge is 0.313 e. The van der Waals surface area contributed by atoms with Crippen LogP contribution in [-0.4, -0.2) is 34.1 Å². The average Bonchev–Trinajstić information content (AvgIpc) is 2.25. The topological polar surface area (TPSA) is 12.0 Å². The van der Waals surface area contributed by atoms with E-state index in [-0.39, 0.29) is 0 Å². The summed E-state index contributed by atoms with van der Waals surface area (Å²) in [5.41, 5.74) is 0. The lowest BCUT2D eigenvalue weighted by Crippen LogP contribution is -2.45. The first-order chi connectivity index (χ1) is 8.20. The number of rotatable bonds is 5. The lowest BCUT2D eigenvalue weighted by molar-refractivity contribution is 0.260. The van der Waals surface area contributed by atoms with Crippen LogP contribution in [0.5, 0.6) is 0 Å². The molecule has 2 aliphatic rings. The van der Waals surface area contributed by atoms with Gasteiger partial charge in [0.2, 0.25) is 0 Å². The molecule has 0 amide bonds. The highest BCUT2D eigenvalue weighted by atomic mass is 32.2. The molecule has 1 heterocycles. The molecular weight excluding hydrogens is 246 g/mol. The van der Waals surface area contributed by atoms with E-state index in [4.69, 9.17) is 0 Å². The monoisotopic (exact) mass is 273 g/mol. The van der Waals surface area contributed by atoms with Crippen molar-refractivity contribution in [3.63, 3.8) is 0 Å². The number of thioether (sulfide) groups is 2. The number of nitrogens with one attached hydrogen (secondary N) is 1. The Hall–Kier alpha value is 0.660. The summed E-state index contributed by atoms with van der Waals surface area (Å²) in [6.45, 7) is 8.16. The van der Waals surface area contributed by atoms with Gasteiger partial charge in [-0.1, -0.05) is 40.0 Å². The summed E-state index contributed by atoms with van der Waals surface area (Å²) >= 11 is 4.42. The summed E-state index contributed by atoms with van der Waals surface area (Å²) in [6, 6.07) is 0.762. The van der Waals surface area contributed by atoms with Gasteiger partial charge in [0.05, 0.1) is 0 Å². The van der Waals surface area contributed by atoms with Gasteiger partial charge in [-0.2, -0.15) is 23.5 Å². The molecule has 1 saturated carbocycles. The minimum Gasteiger partial charge on any atom is -0.313 e. The van der Waals surface area contributed by atoms with Gasteiger partial charge < -0.3 is 5.32 Å². The molecular formula is C14H27NS2. The van der Waals surface area contributed by atoms with Crippen LogP contribution in [0.3, 0.4) is 0 Å². The summed E-state index contributed by atoms with van der Waals surface area (Å²) in [4.78, 5) is 0. The Bertz CT molecular complexity index is 230. The lowest BCUT2D eigenvalue weighted by atomic mass is 9.80. The molecule has 0 aromatic rings. The third kappa shape index (κ3) is 3.81. The van der Waals surface area contributed by atoms with Gasteiger partial charge in [-0.3, -0.25) is 0 Å². The van der Waals surface area contributed by atoms with Crippen molar-refractivity contribution in [2.45, 2.75) is 68.2 Å². The van der Waals surface area contributed by atoms with E-state index in [1.54, 1.807) is 0 Å². The fourth-order valence-electron chi connectivity index (χ4n) is 2.74. The molecule has 2 rings (SSSR count). The van der Waals surface area contributed by atoms with Gasteiger partial charge in [-0.15, -0.1) is 0 Å². The molecule has 1 nitrogen and oxygen atoms in total. The molecule has 0 radical (unpaired) electrons. The van der Waals surface area contributed by atoms with Gasteiger partial charge in [-0.05, 0) is 18.9 Å². The molecule has 3 heteroatoms. The zero-order valence-corrected chi connectivity index (χ0v) is 13.1. The van der Waals surface area contributed by atoms with E-state index in [0.717, 1.165) is 34.3 Å². The van der Waals surface area contributed by atoms with E-state index in [2.05, 4.69) is 49.6 Å². The Morgan fingerprint density at radius 3 is 2.53 bits per heavy atom. The smallest absolute Gasteiger partial charge is 0.0294 e. The van der Waals surface area contributed by atoms with Crippen molar-refractivity contribution in [2.75, 3.05) is 12.3 Å². The highest BCUT2D eigenvalue weighted by Gasteiger charge is 2.33. The molecule has 1 aliphatic heterocycles. The summed E-state index contributed by atoms with van der Waals surface area (Å²) in [6.07, 6.45) is 5.87. The quantitative estimate of drug-likeness (QED) is 0.819. The molecule has 0 spiro atoms. The van der Waals surface area contributed by atoms with Crippen LogP contribution >= 0.6 is 23.5 Å². The first-order valence-corrected chi connectivity index (χ1v) is 9.20. The van der Waals surface area contributed by atoms with Crippen LogP contribution in [0, 0.1) is 5.92 Å². The van der Waals surface area contributed by atoms with Crippen molar-refractivity contribution in [2.24, 2.45) is 5.92 Å². The van der Waals surface area contributed by atoms with Gasteiger partial charge >= 0.3 is 0 Å². The first-order valence-electron chi connectivity index (χ1n) is 7.21. The van der Waals surface area contributed by atoms with Gasteiger partial charge in [-0.25, -0.2) is 0 Å². The zero-order chi connectivity index (χ0) is 12.3. The van der Waals surface area contributed by atoms with Crippen LogP contribution < -0.4 is 5.32 Å². The zero-order valence-electron chi connectivity index (χ0n) is 11.4. The van der Waals surface area contributed by atoms with E-state index in [1.165, 1.54) is 31.4 Å². The molecule has 1 aliphatic carbocycles. The lowest BCUT2D eigenvalue weighted by Gasteiger charge is -2.39. The number of hydrogen-bond acceptors (Lipinski definition) is 3. The van der Waals surface area contributed by atoms with E-state index >= 15 is 0 Å². The Morgan fingerprint density at radius 2 is 2.00 bits per heavy atom. The molecule has 2 fully saturated rings. The van der Waals surface area contributed by atoms with E-state index in [1.807, 2.05) is 0 Å². The van der Waals surface area contributed by atoms with Crippen molar-refractivity contribution >= 4 is 23.5 Å². The highest BCUT2D eigenvalue weighted by molar-refractivity contribution is 8.07. The maximum absolute atomic E-state index is 3.75. The summed E-state index contributed by atoms with van der Waals surface area (Å²) < 4.78 is 0. The Balaban J connectivity index is 1.85. The molecule has 4 unspecified atom stereocenters. The normalized spacial score (nSPS) is 36.5. The van der Waals surface area contributed by atoms with E-state index in [9.17, 15) is 0 Å². The second-order valence-electron chi connectivity index (χ2n) is 5.61. The van der Waals surface area contributed by atoms with Crippen LogP contribution in [0.25, 0.3) is 0 Å². The van der Waals surface area contributed by atoms with Crippen LogP contribution in [0.4, 0.5) is 0 Å². The first kappa shape index (κ1) is 14.1. The van der Waals surface area contributed by atoms with Crippen molar-refractivity contribution in [3.05, 3.63) is 0 Å². The predicted octanol–water partition coefficient (Wildman–Crippen LogP) is 3.78. The Labute approximate surface area is 115 Å². The predicted molar refractivity (Wildman–Crippen MR) is 82.2 cm³/mol. The second kappa shape index (κ2) is 6.72. The van der Waals surface area contributed by atoms with Crippen LogP contribution in [0.1, 0.15) is 46.5 Å². The maximum atomic E-state index is 3.75.